The van der Waals surface area contributed by atoms with E-state index in [9.17, 15) is 5.11 Å². The Bertz CT molecular complexity index is 283. The van der Waals surface area contributed by atoms with E-state index in [0.29, 0.717) is 5.15 Å². The van der Waals surface area contributed by atoms with Crippen LogP contribution in [0, 0.1) is 0 Å². The Balaban J connectivity index is 2.64. The van der Waals surface area contributed by atoms with Crippen molar-refractivity contribution in [2.75, 3.05) is 0 Å². The third-order valence-corrected chi connectivity index (χ3v) is 2.95. The van der Waals surface area contributed by atoms with Gasteiger partial charge in [0.15, 0.2) is 0 Å². The number of hydrogen-bond acceptors (Lipinski definition) is 4. The number of hydrogen-bond donors (Lipinski definition) is 1. The molecule has 0 saturated heterocycles. The van der Waals surface area contributed by atoms with Crippen molar-refractivity contribution in [3.8, 4) is 0 Å². The van der Waals surface area contributed by atoms with Gasteiger partial charge in [-0.3, -0.25) is 4.98 Å². The maximum absolute atomic E-state index is 9.25. The van der Waals surface area contributed by atoms with Crippen LogP contribution in [0.1, 0.15) is 13.8 Å². The highest BCUT2D eigenvalue weighted by Gasteiger charge is 2.11. The Morgan fingerprint density at radius 3 is 2.69 bits per heavy atom. The van der Waals surface area contributed by atoms with Crippen LogP contribution in [0.15, 0.2) is 17.4 Å². The molecule has 72 valence electrons. The van der Waals surface area contributed by atoms with Gasteiger partial charge in [-0.15, -0.1) is 0 Å². The van der Waals surface area contributed by atoms with Crippen LogP contribution in [0.2, 0.25) is 5.15 Å². The maximum Gasteiger partial charge on any atom is 0.148 e. The molecule has 2 unspecified atom stereocenters. The van der Waals surface area contributed by atoms with Gasteiger partial charge in [0.05, 0.1) is 18.5 Å². The van der Waals surface area contributed by atoms with Gasteiger partial charge in [-0.2, -0.15) is 0 Å². The molecule has 0 aliphatic heterocycles. The minimum atomic E-state index is -0.370. The number of aromatic nitrogens is 2. The van der Waals surface area contributed by atoms with Gasteiger partial charge < -0.3 is 5.11 Å². The summed E-state index contributed by atoms with van der Waals surface area (Å²) >= 11 is 7.12. The molecule has 0 amide bonds. The number of rotatable bonds is 3. The summed E-state index contributed by atoms with van der Waals surface area (Å²) in [6.07, 6.45) is 2.75. The first-order valence-corrected chi connectivity index (χ1v) is 5.17. The summed E-state index contributed by atoms with van der Waals surface area (Å²) in [5.41, 5.74) is 0. The molecule has 2 atom stereocenters. The van der Waals surface area contributed by atoms with Crippen molar-refractivity contribution in [3.63, 3.8) is 0 Å². The van der Waals surface area contributed by atoms with E-state index in [0.717, 1.165) is 5.03 Å². The molecule has 0 radical (unpaired) electrons. The van der Waals surface area contributed by atoms with Gasteiger partial charge in [0, 0.05) is 5.25 Å². The van der Waals surface area contributed by atoms with Gasteiger partial charge in [0.1, 0.15) is 10.2 Å². The van der Waals surface area contributed by atoms with Crippen LogP contribution in [0.5, 0.6) is 0 Å². The summed E-state index contributed by atoms with van der Waals surface area (Å²) in [7, 11) is 0. The maximum atomic E-state index is 9.25. The Morgan fingerprint density at radius 1 is 1.46 bits per heavy atom. The molecule has 1 heterocycles. The van der Waals surface area contributed by atoms with Gasteiger partial charge in [-0.05, 0) is 6.92 Å². The predicted molar refractivity (Wildman–Crippen MR) is 54.0 cm³/mol. The third kappa shape index (κ3) is 3.50. The molecule has 5 heteroatoms. The highest BCUT2D eigenvalue weighted by atomic mass is 35.5. The van der Waals surface area contributed by atoms with E-state index in [2.05, 4.69) is 9.97 Å². The van der Waals surface area contributed by atoms with Gasteiger partial charge in [-0.25, -0.2) is 4.98 Å². The second-order valence-corrected chi connectivity index (χ2v) is 4.53. The number of thioether (sulfide) groups is 1. The zero-order valence-corrected chi connectivity index (χ0v) is 9.01. The van der Waals surface area contributed by atoms with E-state index in [1.165, 1.54) is 18.0 Å². The van der Waals surface area contributed by atoms with E-state index in [4.69, 9.17) is 11.6 Å². The minimum Gasteiger partial charge on any atom is -0.392 e. The summed E-state index contributed by atoms with van der Waals surface area (Å²) in [5, 5.41) is 10.5. The predicted octanol–water partition coefficient (Wildman–Crippen LogP) is 1.99. The van der Waals surface area contributed by atoms with Crippen molar-refractivity contribution in [3.05, 3.63) is 17.5 Å². The zero-order valence-electron chi connectivity index (χ0n) is 7.44. The standard InChI is InChI=1S/C8H11ClN2OS/c1-5(12)6(2)13-8-4-10-3-7(9)11-8/h3-6,12H,1-2H3. The molecule has 0 spiro atoms. The molecule has 13 heavy (non-hydrogen) atoms. The summed E-state index contributed by atoms with van der Waals surface area (Å²) in [6.45, 7) is 3.67. The molecular formula is C8H11ClN2OS. The average molecular weight is 219 g/mol. The van der Waals surface area contributed by atoms with E-state index in [-0.39, 0.29) is 11.4 Å². The highest BCUT2D eigenvalue weighted by molar-refractivity contribution is 7.99. The number of aliphatic hydroxyl groups excluding tert-OH is 1. The summed E-state index contributed by atoms with van der Waals surface area (Å²) < 4.78 is 0. The molecule has 0 aliphatic carbocycles. The Hall–Kier alpha value is -0.320. The first-order valence-electron chi connectivity index (χ1n) is 3.92. The van der Waals surface area contributed by atoms with Crippen molar-refractivity contribution in [2.24, 2.45) is 0 Å². The van der Waals surface area contributed by atoms with Crippen molar-refractivity contribution in [1.29, 1.82) is 0 Å². The lowest BCUT2D eigenvalue weighted by Gasteiger charge is -2.12. The monoisotopic (exact) mass is 218 g/mol. The fourth-order valence-electron chi connectivity index (χ4n) is 0.671. The van der Waals surface area contributed by atoms with Crippen molar-refractivity contribution >= 4 is 23.4 Å². The molecule has 0 bridgehead atoms. The lowest BCUT2D eigenvalue weighted by molar-refractivity contribution is 0.196. The zero-order chi connectivity index (χ0) is 9.84. The molecular weight excluding hydrogens is 208 g/mol. The quantitative estimate of drug-likeness (QED) is 0.789. The fraction of sp³-hybridized carbons (Fsp3) is 0.500. The first-order chi connectivity index (χ1) is 6.09. The van der Waals surface area contributed by atoms with Gasteiger partial charge >= 0.3 is 0 Å². The van der Waals surface area contributed by atoms with E-state index < -0.39 is 0 Å². The van der Waals surface area contributed by atoms with Crippen LogP contribution in [-0.4, -0.2) is 26.4 Å². The molecule has 1 aromatic heterocycles. The van der Waals surface area contributed by atoms with Crippen molar-refractivity contribution < 1.29 is 5.11 Å². The lowest BCUT2D eigenvalue weighted by atomic mass is 10.3. The van der Waals surface area contributed by atoms with E-state index in [1.54, 1.807) is 13.1 Å². The largest absolute Gasteiger partial charge is 0.392 e. The Kier molecular flexibility index (Phi) is 3.96. The van der Waals surface area contributed by atoms with Crippen LogP contribution in [0.4, 0.5) is 0 Å². The fourth-order valence-corrected chi connectivity index (χ4v) is 1.72. The molecule has 3 nitrogen and oxygen atoms in total. The molecule has 1 rings (SSSR count). The van der Waals surface area contributed by atoms with Crippen molar-refractivity contribution in [2.45, 2.75) is 30.2 Å². The van der Waals surface area contributed by atoms with Gasteiger partial charge in [0.25, 0.3) is 0 Å². The molecule has 0 aliphatic rings. The summed E-state index contributed by atoms with van der Waals surface area (Å²) in [6, 6.07) is 0. The van der Waals surface area contributed by atoms with Crippen LogP contribution in [0.3, 0.4) is 0 Å². The van der Waals surface area contributed by atoms with E-state index >= 15 is 0 Å². The number of nitrogens with zero attached hydrogens (tertiary/aromatic N) is 2. The summed E-state index contributed by atoms with van der Waals surface area (Å²) in [4.78, 5) is 7.95. The highest BCUT2D eigenvalue weighted by Crippen LogP contribution is 2.23. The Morgan fingerprint density at radius 2 is 2.15 bits per heavy atom. The molecule has 1 N–H and O–H groups in total. The Labute approximate surface area is 86.6 Å². The van der Waals surface area contributed by atoms with Crippen LogP contribution in [-0.2, 0) is 0 Å². The molecule has 0 saturated carbocycles. The topological polar surface area (TPSA) is 46.0 Å². The van der Waals surface area contributed by atoms with Crippen LogP contribution in [0.25, 0.3) is 0 Å². The van der Waals surface area contributed by atoms with Gasteiger partial charge in [-0.1, -0.05) is 30.3 Å². The number of halogens is 1. The molecule has 1 aromatic rings. The first kappa shape index (κ1) is 10.8. The SMILES string of the molecule is CC(O)C(C)Sc1cncc(Cl)n1. The minimum absolute atomic E-state index is 0.0905. The second-order valence-electron chi connectivity index (χ2n) is 2.74. The van der Waals surface area contributed by atoms with Crippen LogP contribution < -0.4 is 0 Å². The average Bonchev–Trinajstić information content (AvgIpc) is 2.04. The van der Waals surface area contributed by atoms with E-state index in [1.807, 2.05) is 6.92 Å². The van der Waals surface area contributed by atoms with Crippen molar-refractivity contribution in [1.82, 2.24) is 9.97 Å². The smallest absolute Gasteiger partial charge is 0.148 e. The molecule has 0 fully saturated rings. The second kappa shape index (κ2) is 4.79. The summed E-state index contributed by atoms with van der Waals surface area (Å²) in [5.74, 6) is 0. The van der Waals surface area contributed by atoms with Crippen LogP contribution >= 0.6 is 23.4 Å². The number of aliphatic hydroxyl groups is 1. The third-order valence-electron chi connectivity index (χ3n) is 1.57. The lowest BCUT2D eigenvalue weighted by Crippen LogP contribution is -2.15. The molecule has 0 aromatic carbocycles. The normalized spacial score (nSPS) is 15.4. The van der Waals surface area contributed by atoms with Gasteiger partial charge in [0.2, 0.25) is 0 Å².